The van der Waals surface area contributed by atoms with Crippen molar-refractivity contribution >= 4 is 0 Å². The van der Waals surface area contributed by atoms with Crippen LogP contribution in [0.3, 0.4) is 0 Å². The zero-order valence-corrected chi connectivity index (χ0v) is 14.2. The van der Waals surface area contributed by atoms with Crippen molar-refractivity contribution in [2.75, 3.05) is 13.2 Å². The second-order valence-electron chi connectivity index (χ2n) is 6.67. The van der Waals surface area contributed by atoms with E-state index in [1.807, 2.05) is 12.1 Å². The number of ether oxygens (including phenoxy) is 2. The Balaban J connectivity index is 1.37. The lowest BCUT2D eigenvalue weighted by atomic mass is 10.1. The Kier molecular flexibility index (Phi) is 3.34. The molecule has 1 aliphatic heterocycles. The number of pyridine rings is 1. The summed E-state index contributed by atoms with van der Waals surface area (Å²) in [5.74, 6) is 3.30. The monoisotopic (exact) mass is 351 g/mol. The summed E-state index contributed by atoms with van der Waals surface area (Å²) in [7, 11) is 1.70. The molecular weight excluding hydrogens is 334 g/mol. The molecule has 0 radical (unpaired) electrons. The molecule has 0 saturated heterocycles. The average molecular weight is 351 g/mol. The summed E-state index contributed by atoms with van der Waals surface area (Å²) in [5.41, 5.74) is 1.89. The molecule has 3 heterocycles. The van der Waals surface area contributed by atoms with Gasteiger partial charge in [0.25, 0.3) is 0 Å². The van der Waals surface area contributed by atoms with Crippen LogP contribution in [0.5, 0.6) is 11.5 Å². The second kappa shape index (κ2) is 5.72. The fourth-order valence-electron chi connectivity index (χ4n) is 3.36. The van der Waals surface area contributed by atoms with Crippen molar-refractivity contribution in [3.8, 4) is 22.9 Å². The number of rotatable bonds is 3. The van der Waals surface area contributed by atoms with Gasteiger partial charge in [-0.05, 0) is 36.1 Å². The molecule has 1 saturated carbocycles. The highest BCUT2D eigenvalue weighted by molar-refractivity contribution is 5.53. The molecule has 26 heavy (non-hydrogen) atoms. The van der Waals surface area contributed by atoms with E-state index in [0.717, 1.165) is 23.5 Å². The predicted octanol–water partition coefficient (Wildman–Crippen LogP) is 2.48. The molecule has 2 atom stereocenters. The summed E-state index contributed by atoms with van der Waals surface area (Å²) in [5, 5.41) is 4.07. The molecule has 1 aliphatic carbocycles. The number of fused-ring (bicyclic) bond motifs is 1. The van der Waals surface area contributed by atoms with Crippen molar-refractivity contribution < 1.29 is 14.0 Å². The molecule has 0 N–H and O–H groups in total. The van der Waals surface area contributed by atoms with Crippen LogP contribution in [0.1, 0.15) is 29.7 Å². The Hall–Kier alpha value is -3.09. The quantitative estimate of drug-likeness (QED) is 0.721. The first kappa shape index (κ1) is 15.2. The van der Waals surface area contributed by atoms with Gasteiger partial charge in [-0.3, -0.25) is 4.79 Å². The molecule has 0 amide bonds. The summed E-state index contributed by atoms with van der Waals surface area (Å²) < 4.78 is 18.2. The van der Waals surface area contributed by atoms with E-state index in [4.69, 9.17) is 14.0 Å². The van der Waals surface area contributed by atoms with Crippen LogP contribution in [0.25, 0.3) is 11.4 Å². The maximum atomic E-state index is 11.5. The molecule has 1 aromatic carbocycles. The Morgan fingerprint density at radius 2 is 1.92 bits per heavy atom. The summed E-state index contributed by atoms with van der Waals surface area (Å²) in [6.45, 7) is 1.17. The Bertz CT molecular complexity index is 1040. The first-order valence-corrected chi connectivity index (χ1v) is 8.59. The maximum absolute atomic E-state index is 11.5. The average Bonchev–Trinajstić information content (AvgIpc) is 3.32. The molecule has 0 spiro atoms. The molecule has 5 rings (SSSR count). The highest BCUT2D eigenvalue weighted by atomic mass is 16.6. The normalized spacial score (nSPS) is 20.8. The third-order valence-electron chi connectivity index (χ3n) is 4.89. The van der Waals surface area contributed by atoms with Gasteiger partial charge in [-0.2, -0.15) is 4.98 Å². The molecule has 2 aliphatic rings. The third kappa shape index (κ3) is 2.56. The molecule has 1 fully saturated rings. The van der Waals surface area contributed by atoms with Crippen LogP contribution >= 0.6 is 0 Å². The van der Waals surface area contributed by atoms with Gasteiger partial charge in [0.2, 0.25) is 17.3 Å². The van der Waals surface area contributed by atoms with E-state index in [0.29, 0.717) is 30.8 Å². The third-order valence-corrected chi connectivity index (χ3v) is 4.89. The van der Waals surface area contributed by atoms with Gasteiger partial charge in [-0.25, -0.2) is 0 Å². The van der Waals surface area contributed by atoms with Gasteiger partial charge in [0, 0.05) is 30.8 Å². The van der Waals surface area contributed by atoms with E-state index in [1.165, 1.54) is 16.2 Å². The van der Waals surface area contributed by atoms with Crippen molar-refractivity contribution in [2.45, 2.75) is 18.3 Å². The van der Waals surface area contributed by atoms with E-state index in [1.54, 1.807) is 19.3 Å². The fraction of sp³-hybridized carbons (Fsp3) is 0.316. The van der Waals surface area contributed by atoms with Crippen LogP contribution in [-0.2, 0) is 7.05 Å². The van der Waals surface area contributed by atoms with Gasteiger partial charge in [-0.15, -0.1) is 0 Å². The lowest BCUT2D eigenvalue weighted by molar-refractivity contribution is 0.171. The Labute approximate surface area is 149 Å². The number of aromatic nitrogens is 3. The molecule has 3 aromatic rings. The van der Waals surface area contributed by atoms with E-state index in [9.17, 15) is 4.79 Å². The van der Waals surface area contributed by atoms with E-state index in [2.05, 4.69) is 16.2 Å². The maximum Gasteiger partial charge on any atom is 0.250 e. The number of nitrogens with zero attached hydrogens (tertiary/aromatic N) is 3. The predicted molar refractivity (Wildman–Crippen MR) is 92.5 cm³/mol. The summed E-state index contributed by atoms with van der Waals surface area (Å²) in [6, 6.07) is 9.29. The molecule has 2 aromatic heterocycles. The van der Waals surface area contributed by atoms with Crippen molar-refractivity contribution in [1.29, 1.82) is 0 Å². The number of hydrogen-bond acceptors (Lipinski definition) is 6. The smallest absolute Gasteiger partial charge is 0.250 e. The van der Waals surface area contributed by atoms with Gasteiger partial charge in [0.1, 0.15) is 13.2 Å². The lowest BCUT2D eigenvalue weighted by Gasteiger charge is -2.18. The zero-order valence-electron chi connectivity index (χ0n) is 14.2. The van der Waals surface area contributed by atoms with Crippen molar-refractivity contribution in [1.82, 2.24) is 14.7 Å². The molecule has 7 heteroatoms. The minimum absolute atomic E-state index is 0.0710. The van der Waals surface area contributed by atoms with Gasteiger partial charge in [0.15, 0.2) is 11.5 Å². The van der Waals surface area contributed by atoms with Gasteiger partial charge < -0.3 is 18.6 Å². The Morgan fingerprint density at radius 3 is 2.77 bits per heavy atom. The topological polar surface area (TPSA) is 79.4 Å². The highest BCUT2D eigenvalue weighted by Crippen LogP contribution is 2.55. The summed E-state index contributed by atoms with van der Waals surface area (Å²) in [6.07, 6.45) is 2.68. The number of aryl methyl sites for hydroxylation is 1. The van der Waals surface area contributed by atoms with E-state index >= 15 is 0 Å². The van der Waals surface area contributed by atoms with Gasteiger partial charge in [-0.1, -0.05) is 11.2 Å². The molecule has 0 bridgehead atoms. The van der Waals surface area contributed by atoms with E-state index < -0.39 is 0 Å². The molecule has 2 unspecified atom stereocenters. The number of benzene rings is 1. The molecule has 7 nitrogen and oxygen atoms in total. The minimum Gasteiger partial charge on any atom is -0.486 e. The molecular formula is C19H17N3O4. The fourth-order valence-corrected chi connectivity index (χ4v) is 3.36. The van der Waals surface area contributed by atoms with Gasteiger partial charge in [0.05, 0.1) is 0 Å². The van der Waals surface area contributed by atoms with Crippen LogP contribution in [-0.4, -0.2) is 27.9 Å². The van der Waals surface area contributed by atoms with E-state index in [-0.39, 0.29) is 11.5 Å². The SMILES string of the molecule is Cn1cc(-c2noc(C3CC3c3ccc4c(c3)OCCO4)n2)ccc1=O. The van der Waals surface area contributed by atoms with Crippen molar-refractivity contribution in [3.05, 3.63) is 58.3 Å². The number of hydrogen-bond donors (Lipinski definition) is 0. The van der Waals surface area contributed by atoms with Crippen molar-refractivity contribution in [2.24, 2.45) is 7.05 Å². The van der Waals surface area contributed by atoms with Crippen LogP contribution in [0, 0.1) is 0 Å². The lowest BCUT2D eigenvalue weighted by Crippen LogP contribution is -2.15. The summed E-state index contributed by atoms with van der Waals surface area (Å²) in [4.78, 5) is 16.0. The molecule has 132 valence electrons. The zero-order chi connectivity index (χ0) is 17.7. The Morgan fingerprint density at radius 1 is 1.08 bits per heavy atom. The second-order valence-corrected chi connectivity index (χ2v) is 6.67. The standard InChI is InChI=1S/C19H17N3O4/c1-22-10-12(3-5-17(22)23)18-20-19(26-21-18)14-9-13(14)11-2-4-15-16(8-11)25-7-6-24-15/h2-5,8,10,13-14H,6-7,9H2,1H3. The van der Waals surface area contributed by atoms with Crippen molar-refractivity contribution in [3.63, 3.8) is 0 Å². The van der Waals surface area contributed by atoms with Crippen LogP contribution < -0.4 is 15.0 Å². The minimum atomic E-state index is -0.0710. The largest absolute Gasteiger partial charge is 0.486 e. The highest BCUT2D eigenvalue weighted by Gasteiger charge is 2.44. The first-order chi connectivity index (χ1) is 12.7. The van der Waals surface area contributed by atoms with Crippen LogP contribution in [0.2, 0.25) is 0 Å². The van der Waals surface area contributed by atoms with Gasteiger partial charge >= 0.3 is 0 Å². The van der Waals surface area contributed by atoms with Crippen LogP contribution in [0.15, 0.2) is 45.8 Å². The first-order valence-electron chi connectivity index (χ1n) is 8.59. The van der Waals surface area contributed by atoms with Crippen LogP contribution in [0.4, 0.5) is 0 Å². The summed E-state index contributed by atoms with van der Waals surface area (Å²) >= 11 is 0.